The summed E-state index contributed by atoms with van der Waals surface area (Å²) >= 11 is 0. The van der Waals surface area contributed by atoms with Crippen molar-refractivity contribution in [3.63, 3.8) is 0 Å². The Balaban J connectivity index is 3.13. The first-order valence-corrected chi connectivity index (χ1v) is 5.14. The first-order chi connectivity index (χ1) is 7.56. The molecule has 1 aromatic rings. The van der Waals surface area contributed by atoms with Gasteiger partial charge in [-0.1, -0.05) is 0 Å². The molecule has 90 valence electrons. The maximum absolute atomic E-state index is 5.46. The summed E-state index contributed by atoms with van der Waals surface area (Å²) in [6.45, 7) is 3.98. The molecule has 0 radical (unpaired) electrons. The second kappa shape index (κ2) is 5.23. The zero-order chi connectivity index (χ0) is 12.2. The molecule has 1 aromatic heterocycles. The van der Waals surface area contributed by atoms with Crippen LogP contribution in [0.2, 0.25) is 0 Å². The predicted octanol–water partition coefficient (Wildman–Crippen LogP) is 1.17. The minimum atomic E-state index is -0.391. The van der Waals surface area contributed by atoms with Crippen LogP contribution in [-0.4, -0.2) is 36.8 Å². The number of methoxy groups -OCH3 is 2. The average molecular weight is 225 g/mol. The molecule has 0 aliphatic rings. The van der Waals surface area contributed by atoms with E-state index in [1.54, 1.807) is 26.6 Å². The Labute approximate surface area is 96.2 Å². The van der Waals surface area contributed by atoms with Crippen molar-refractivity contribution < 1.29 is 9.47 Å². The minimum Gasteiger partial charge on any atom is -0.480 e. The van der Waals surface area contributed by atoms with E-state index in [9.17, 15) is 0 Å². The molecule has 0 bridgehead atoms. The number of nitrogens with one attached hydrogen (secondary N) is 1. The highest BCUT2D eigenvalue weighted by Crippen LogP contribution is 2.30. The van der Waals surface area contributed by atoms with Crippen LogP contribution >= 0.6 is 0 Å². The fraction of sp³-hybridized carbons (Fsp3) is 0.636. The molecule has 1 heterocycles. The van der Waals surface area contributed by atoms with Crippen LogP contribution in [0.25, 0.3) is 0 Å². The number of hydrogen-bond acceptors (Lipinski definition) is 5. The van der Waals surface area contributed by atoms with Crippen LogP contribution in [0.3, 0.4) is 0 Å². The molecular formula is C11H19N3O2. The number of hydrogen-bond donors (Lipinski definition) is 1. The summed E-state index contributed by atoms with van der Waals surface area (Å²) in [6, 6.07) is -0.0823. The van der Waals surface area contributed by atoms with Gasteiger partial charge >= 0.3 is 0 Å². The number of rotatable bonds is 5. The highest BCUT2D eigenvalue weighted by molar-refractivity contribution is 5.23. The van der Waals surface area contributed by atoms with Gasteiger partial charge in [0.1, 0.15) is 5.69 Å². The van der Waals surface area contributed by atoms with Crippen LogP contribution < -0.4 is 10.1 Å². The molecule has 1 rings (SSSR count). The van der Waals surface area contributed by atoms with Gasteiger partial charge in [0.25, 0.3) is 0 Å². The summed E-state index contributed by atoms with van der Waals surface area (Å²) in [4.78, 5) is 8.44. The minimum absolute atomic E-state index is 0.0823. The van der Waals surface area contributed by atoms with E-state index in [2.05, 4.69) is 15.3 Å². The zero-order valence-electron chi connectivity index (χ0n) is 10.4. The summed E-state index contributed by atoms with van der Waals surface area (Å²) in [5.41, 5.74) is 0.359. The molecule has 1 atom stereocenters. The third-order valence-electron chi connectivity index (χ3n) is 2.67. The zero-order valence-corrected chi connectivity index (χ0v) is 10.4. The smallest absolute Gasteiger partial charge is 0.237 e. The van der Waals surface area contributed by atoms with E-state index in [1.807, 2.05) is 20.9 Å². The van der Waals surface area contributed by atoms with E-state index in [0.29, 0.717) is 5.88 Å². The van der Waals surface area contributed by atoms with Crippen molar-refractivity contribution in [1.29, 1.82) is 0 Å². The molecule has 1 N–H and O–H groups in total. The van der Waals surface area contributed by atoms with Crippen molar-refractivity contribution in [1.82, 2.24) is 15.3 Å². The summed E-state index contributed by atoms with van der Waals surface area (Å²) in [5, 5.41) is 3.18. The lowest BCUT2D eigenvalue weighted by molar-refractivity contribution is -0.0109. The van der Waals surface area contributed by atoms with E-state index in [0.717, 1.165) is 5.69 Å². The molecule has 5 nitrogen and oxygen atoms in total. The fourth-order valence-electron chi connectivity index (χ4n) is 1.62. The van der Waals surface area contributed by atoms with Gasteiger partial charge < -0.3 is 14.8 Å². The van der Waals surface area contributed by atoms with E-state index in [-0.39, 0.29) is 6.04 Å². The first-order valence-electron chi connectivity index (χ1n) is 5.14. The Bertz CT molecular complexity index is 342. The average Bonchev–Trinajstić information content (AvgIpc) is 2.30. The molecular weight excluding hydrogens is 206 g/mol. The lowest BCUT2D eigenvalue weighted by atomic mass is 9.95. The summed E-state index contributed by atoms with van der Waals surface area (Å²) in [6.07, 6.45) is 3.25. The van der Waals surface area contributed by atoms with Crippen molar-refractivity contribution in [3.05, 3.63) is 18.1 Å². The van der Waals surface area contributed by atoms with Gasteiger partial charge in [-0.25, -0.2) is 4.98 Å². The highest BCUT2D eigenvalue weighted by Gasteiger charge is 2.33. The molecule has 0 aliphatic heterocycles. The number of ether oxygens (including phenoxy) is 2. The third-order valence-corrected chi connectivity index (χ3v) is 2.67. The van der Waals surface area contributed by atoms with Gasteiger partial charge in [0.2, 0.25) is 5.88 Å². The molecule has 5 heteroatoms. The third kappa shape index (κ3) is 2.48. The van der Waals surface area contributed by atoms with E-state index in [4.69, 9.17) is 9.47 Å². The number of aromatic nitrogens is 2. The fourth-order valence-corrected chi connectivity index (χ4v) is 1.62. The van der Waals surface area contributed by atoms with Crippen molar-refractivity contribution in [3.8, 4) is 5.88 Å². The number of likely N-dealkylation sites (N-methyl/N-ethyl adjacent to an activating group) is 1. The molecule has 0 fully saturated rings. The molecule has 0 amide bonds. The molecule has 0 aliphatic carbocycles. The highest BCUT2D eigenvalue weighted by atomic mass is 16.5. The van der Waals surface area contributed by atoms with Gasteiger partial charge in [-0.15, -0.1) is 0 Å². The van der Waals surface area contributed by atoms with Gasteiger partial charge in [-0.05, 0) is 20.9 Å². The van der Waals surface area contributed by atoms with Crippen LogP contribution in [0.5, 0.6) is 5.88 Å². The van der Waals surface area contributed by atoms with E-state index in [1.165, 1.54) is 0 Å². The second-order valence-electron chi connectivity index (χ2n) is 3.98. The van der Waals surface area contributed by atoms with Gasteiger partial charge in [0.15, 0.2) is 0 Å². The summed E-state index contributed by atoms with van der Waals surface area (Å²) in [7, 11) is 5.12. The second-order valence-corrected chi connectivity index (χ2v) is 3.98. The Hall–Kier alpha value is -1.20. The molecule has 0 aromatic carbocycles. The van der Waals surface area contributed by atoms with Crippen LogP contribution in [0.1, 0.15) is 25.6 Å². The largest absolute Gasteiger partial charge is 0.480 e. The monoisotopic (exact) mass is 225 g/mol. The molecule has 1 unspecified atom stereocenters. The standard InChI is InChI=1S/C11H19N3O2/c1-11(2,16-5)9(12-3)8-10(15-4)14-7-6-13-8/h6-7,9,12H,1-5H3. The van der Waals surface area contributed by atoms with Crippen molar-refractivity contribution in [2.24, 2.45) is 0 Å². The summed E-state index contributed by atoms with van der Waals surface area (Å²) in [5.74, 6) is 0.520. The number of nitrogens with zero attached hydrogens (tertiary/aromatic N) is 2. The Kier molecular flexibility index (Phi) is 4.20. The van der Waals surface area contributed by atoms with Crippen LogP contribution in [-0.2, 0) is 4.74 Å². The van der Waals surface area contributed by atoms with Gasteiger partial charge in [-0.2, -0.15) is 0 Å². The molecule has 0 spiro atoms. The van der Waals surface area contributed by atoms with Gasteiger partial charge in [-0.3, -0.25) is 4.98 Å². The van der Waals surface area contributed by atoms with E-state index >= 15 is 0 Å². The Morgan fingerprint density at radius 3 is 2.38 bits per heavy atom. The molecule has 16 heavy (non-hydrogen) atoms. The molecule has 0 saturated carbocycles. The van der Waals surface area contributed by atoms with Crippen molar-refractivity contribution in [2.75, 3.05) is 21.3 Å². The topological polar surface area (TPSA) is 56.3 Å². The normalized spacial score (nSPS) is 13.6. The van der Waals surface area contributed by atoms with Crippen LogP contribution in [0.15, 0.2) is 12.4 Å². The van der Waals surface area contributed by atoms with Crippen molar-refractivity contribution >= 4 is 0 Å². The Morgan fingerprint density at radius 2 is 1.88 bits per heavy atom. The SMILES string of the molecule is CNC(c1nccnc1OC)C(C)(C)OC. The van der Waals surface area contributed by atoms with E-state index < -0.39 is 5.60 Å². The van der Waals surface area contributed by atoms with Crippen molar-refractivity contribution in [2.45, 2.75) is 25.5 Å². The van der Waals surface area contributed by atoms with Crippen LogP contribution in [0, 0.1) is 0 Å². The maximum Gasteiger partial charge on any atom is 0.237 e. The lowest BCUT2D eigenvalue weighted by Crippen LogP contribution is -2.40. The quantitative estimate of drug-likeness (QED) is 0.815. The molecule has 0 saturated heterocycles. The first kappa shape index (κ1) is 12.9. The summed E-state index contributed by atoms with van der Waals surface area (Å²) < 4.78 is 10.7. The Morgan fingerprint density at radius 1 is 1.25 bits per heavy atom. The van der Waals surface area contributed by atoms with Gasteiger partial charge in [0, 0.05) is 19.5 Å². The lowest BCUT2D eigenvalue weighted by Gasteiger charge is -2.32. The van der Waals surface area contributed by atoms with Crippen LogP contribution in [0.4, 0.5) is 0 Å². The maximum atomic E-state index is 5.46. The predicted molar refractivity (Wildman–Crippen MR) is 61.5 cm³/mol. The van der Waals surface area contributed by atoms with Gasteiger partial charge in [0.05, 0.1) is 18.8 Å².